The number of rotatable bonds is 3. The summed E-state index contributed by atoms with van der Waals surface area (Å²) in [7, 11) is 0. The van der Waals surface area contributed by atoms with Gasteiger partial charge in [-0.2, -0.15) is 0 Å². The summed E-state index contributed by atoms with van der Waals surface area (Å²) in [5, 5.41) is 8.64. The van der Waals surface area contributed by atoms with Crippen molar-refractivity contribution in [3.63, 3.8) is 0 Å². The van der Waals surface area contributed by atoms with Crippen LogP contribution in [0.25, 0.3) is 10.6 Å². The molecule has 0 unspecified atom stereocenters. The Hall–Kier alpha value is -1.68. The van der Waals surface area contributed by atoms with Crippen molar-refractivity contribution in [3.8, 4) is 10.6 Å². The van der Waals surface area contributed by atoms with Crippen LogP contribution < -0.4 is 5.73 Å². The minimum atomic E-state index is 0.105. The molecule has 0 saturated carbocycles. The van der Waals surface area contributed by atoms with Crippen LogP contribution in [0.3, 0.4) is 0 Å². The van der Waals surface area contributed by atoms with Crippen molar-refractivity contribution in [2.45, 2.75) is 46.0 Å². The number of hydrogen-bond acceptors (Lipinski definition) is 3. The number of benzene rings is 1. The van der Waals surface area contributed by atoms with Gasteiger partial charge in [-0.05, 0) is 16.9 Å². The SMILES string of the molecule is CC(C)c1nc(-c2ccc(C(C)(C)C)cc2)sc1C(=N)N. The minimum absolute atomic E-state index is 0.105. The fraction of sp³-hybridized carbons (Fsp3) is 0.412. The van der Waals surface area contributed by atoms with Gasteiger partial charge in [-0.1, -0.05) is 58.9 Å². The van der Waals surface area contributed by atoms with E-state index in [0.29, 0.717) is 0 Å². The van der Waals surface area contributed by atoms with Gasteiger partial charge in [-0.25, -0.2) is 4.98 Å². The van der Waals surface area contributed by atoms with Gasteiger partial charge in [0.15, 0.2) is 0 Å². The maximum absolute atomic E-state index is 7.71. The number of nitrogens with zero attached hydrogens (tertiary/aromatic N) is 1. The first-order valence-electron chi connectivity index (χ1n) is 7.16. The number of aromatic nitrogens is 1. The van der Waals surface area contributed by atoms with Crippen molar-refractivity contribution in [2.24, 2.45) is 5.73 Å². The molecule has 0 fully saturated rings. The van der Waals surface area contributed by atoms with Crippen LogP contribution in [0.5, 0.6) is 0 Å². The van der Waals surface area contributed by atoms with Gasteiger partial charge in [0, 0.05) is 5.56 Å². The average molecular weight is 301 g/mol. The summed E-state index contributed by atoms with van der Waals surface area (Å²) in [6.07, 6.45) is 0. The van der Waals surface area contributed by atoms with E-state index in [1.54, 1.807) is 0 Å². The summed E-state index contributed by atoms with van der Waals surface area (Å²) >= 11 is 1.50. The fourth-order valence-electron chi connectivity index (χ4n) is 2.15. The molecule has 0 aliphatic carbocycles. The first kappa shape index (κ1) is 15.7. The Morgan fingerprint density at radius 1 is 1.19 bits per heavy atom. The normalized spacial score (nSPS) is 11.9. The van der Waals surface area contributed by atoms with E-state index in [9.17, 15) is 0 Å². The van der Waals surface area contributed by atoms with Gasteiger partial charge in [-0.15, -0.1) is 11.3 Å². The molecular weight excluding hydrogens is 278 g/mol. The van der Waals surface area contributed by atoms with E-state index in [-0.39, 0.29) is 17.2 Å². The largest absolute Gasteiger partial charge is 0.383 e. The van der Waals surface area contributed by atoms with E-state index in [1.807, 2.05) is 0 Å². The number of nitrogens with two attached hydrogens (primary N) is 1. The Morgan fingerprint density at radius 3 is 2.14 bits per heavy atom. The maximum Gasteiger partial charge on any atom is 0.135 e. The first-order valence-corrected chi connectivity index (χ1v) is 7.98. The molecule has 2 rings (SSSR count). The molecule has 1 aromatic heterocycles. The Balaban J connectivity index is 2.43. The molecule has 0 aliphatic heterocycles. The van der Waals surface area contributed by atoms with Crippen LogP contribution in [0, 0.1) is 5.41 Å². The summed E-state index contributed by atoms with van der Waals surface area (Å²) in [5.74, 6) is 0.372. The molecule has 0 saturated heterocycles. The van der Waals surface area contributed by atoms with E-state index in [1.165, 1.54) is 16.9 Å². The molecule has 1 aromatic carbocycles. The molecule has 112 valence electrons. The Kier molecular flexibility index (Phi) is 4.19. The lowest BCUT2D eigenvalue weighted by Gasteiger charge is -2.18. The summed E-state index contributed by atoms with van der Waals surface area (Å²) in [6, 6.07) is 8.51. The summed E-state index contributed by atoms with van der Waals surface area (Å²) in [4.78, 5) is 5.48. The Morgan fingerprint density at radius 2 is 1.76 bits per heavy atom. The molecule has 0 aliphatic rings. The monoisotopic (exact) mass is 301 g/mol. The van der Waals surface area contributed by atoms with E-state index >= 15 is 0 Å². The van der Waals surface area contributed by atoms with E-state index < -0.39 is 0 Å². The van der Waals surface area contributed by atoms with E-state index in [0.717, 1.165) is 21.1 Å². The average Bonchev–Trinajstić information content (AvgIpc) is 2.83. The molecule has 2 aromatic rings. The summed E-state index contributed by atoms with van der Waals surface area (Å²) in [6.45, 7) is 10.8. The Bertz CT molecular complexity index is 646. The number of amidine groups is 1. The van der Waals surface area contributed by atoms with Gasteiger partial charge in [-0.3, -0.25) is 5.41 Å². The van der Waals surface area contributed by atoms with Crippen molar-refractivity contribution in [3.05, 3.63) is 40.4 Å². The van der Waals surface area contributed by atoms with Gasteiger partial charge >= 0.3 is 0 Å². The predicted molar refractivity (Wildman–Crippen MR) is 91.4 cm³/mol. The second-order valence-corrected chi connectivity index (χ2v) is 7.63. The standard InChI is InChI=1S/C17H23N3S/c1-10(2)13-14(15(18)19)21-16(20-13)11-6-8-12(9-7-11)17(3,4)5/h6-10H,1-5H3,(H3,18,19). The van der Waals surface area contributed by atoms with Crippen LogP contribution >= 0.6 is 11.3 Å². The van der Waals surface area contributed by atoms with Crippen molar-refractivity contribution in [1.82, 2.24) is 4.98 Å². The van der Waals surface area contributed by atoms with Crippen LogP contribution in [0.1, 0.15) is 56.7 Å². The number of nitrogens with one attached hydrogen (secondary N) is 1. The molecule has 21 heavy (non-hydrogen) atoms. The molecule has 3 N–H and O–H groups in total. The van der Waals surface area contributed by atoms with Gasteiger partial charge in [0.25, 0.3) is 0 Å². The molecule has 0 atom stereocenters. The quantitative estimate of drug-likeness (QED) is 0.647. The minimum Gasteiger partial charge on any atom is -0.383 e. The third-order valence-corrected chi connectivity index (χ3v) is 4.60. The highest BCUT2D eigenvalue weighted by molar-refractivity contribution is 7.17. The zero-order valence-corrected chi connectivity index (χ0v) is 14.1. The van der Waals surface area contributed by atoms with Crippen LogP contribution in [0.4, 0.5) is 0 Å². The molecule has 0 spiro atoms. The van der Waals surface area contributed by atoms with Crippen molar-refractivity contribution >= 4 is 17.2 Å². The lowest BCUT2D eigenvalue weighted by Crippen LogP contribution is -2.12. The highest BCUT2D eigenvalue weighted by Crippen LogP contribution is 2.32. The fourth-order valence-corrected chi connectivity index (χ4v) is 3.24. The van der Waals surface area contributed by atoms with Crippen LogP contribution in [-0.2, 0) is 5.41 Å². The summed E-state index contributed by atoms with van der Waals surface area (Å²) < 4.78 is 0. The first-order chi connectivity index (χ1) is 9.70. The second-order valence-electron chi connectivity index (χ2n) is 6.63. The van der Waals surface area contributed by atoms with E-state index in [2.05, 4.69) is 58.9 Å². The van der Waals surface area contributed by atoms with Gasteiger partial charge in [0.1, 0.15) is 10.8 Å². The Labute approximate surface area is 130 Å². The number of hydrogen-bond donors (Lipinski definition) is 2. The van der Waals surface area contributed by atoms with Gasteiger partial charge in [0.2, 0.25) is 0 Å². The molecule has 3 nitrogen and oxygen atoms in total. The van der Waals surface area contributed by atoms with Crippen molar-refractivity contribution in [2.75, 3.05) is 0 Å². The van der Waals surface area contributed by atoms with Crippen molar-refractivity contribution in [1.29, 1.82) is 5.41 Å². The van der Waals surface area contributed by atoms with Crippen LogP contribution in [0.2, 0.25) is 0 Å². The number of nitrogen functional groups attached to an aromatic ring is 1. The molecule has 0 bridgehead atoms. The third kappa shape index (κ3) is 3.32. The van der Waals surface area contributed by atoms with E-state index in [4.69, 9.17) is 16.1 Å². The summed E-state index contributed by atoms with van der Waals surface area (Å²) in [5.41, 5.74) is 9.14. The molecule has 4 heteroatoms. The predicted octanol–water partition coefficient (Wildman–Crippen LogP) is 4.52. The highest BCUT2D eigenvalue weighted by Gasteiger charge is 2.18. The molecule has 0 radical (unpaired) electrons. The molecule has 0 amide bonds. The molecular formula is C17H23N3S. The van der Waals surface area contributed by atoms with Crippen molar-refractivity contribution < 1.29 is 0 Å². The van der Waals surface area contributed by atoms with Gasteiger partial charge < -0.3 is 5.73 Å². The zero-order valence-electron chi connectivity index (χ0n) is 13.3. The second kappa shape index (κ2) is 5.60. The van der Waals surface area contributed by atoms with Crippen LogP contribution in [0.15, 0.2) is 24.3 Å². The van der Waals surface area contributed by atoms with Crippen LogP contribution in [-0.4, -0.2) is 10.8 Å². The smallest absolute Gasteiger partial charge is 0.135 e. The topological polar surface area (TPSA) is 62.8 Å². The lowest BCUT2D eigenvalue weighted by atomic mass is 9.87. The lowest BCUT2D eigenvalue weighted by molar-refractivity contribution is 0.590. The maximum atomic E-state index is 7.71. The number of thiazole rings is 1. The zero-order chi connectivity index (χ0) is 15.8. The third-order valence-electron chi connectivity index (χ3n) is 3.44. The van der Waals surface area contributed by atoms with Gasteiger partial charge in [0.05, 0.1) is 10.6 Å². The molecule has 1 heterocycles. The highest BCUT2D eigenvalue weighted by atomic mass is 32.1.